The highest BCUT2D eigenvalue weighted by molar-refractivity contribution is 6.05. The molecule has 0 radical (unpaired) electrons. The first-order valence-electron chi connectivity index (χ1n) is 25.8. The number of nitrogens with zero attached hydrogens (tertiary/aromatic N) is 2. The van der Waals surface area contributed by atoms with Gasteiger partial charge in [-0.3, -0.25) is 0 Å². The average Bonchev–Trinajstić information content (AvgIpc) is 4.02. The van der Waals surface area contributed by atoms with Crippen LogP contribution < -0.4 is 9.80 Å². The molecule has 2 heteroatoms. The average molecular weight is 941 g/mol. The van der Waals surface area contributed by atoms with Crippen LogP contribution in [0, 0.1) is 0 Å². The summed E-state index contributed by atoms with van der Waals surface area (Å²) < 4.78 is 0. The molecular formula is C72H48N2. The third kappa shape index (κ3) is 5.82. The molecule has 2 nitrogen and oxygen atoms in total. The molecular weight excluding hydrogens is 893 g/mol. The Hall–Kier alpha value is -9.50. The SMILES string of the molecule is c1ccc(N2c3ccccc3C3(c4ccccc4-c4c(N(c5ccc(-c6cccc7ccccc67)cc5)c5cccc6c5-c5ccccc5C6(c5ccccc5)c5ccccc5)cccc43)c3ccccc32)cc1. The Labute approximate surface area is 432 Å². The molecule has 0 unspecified atom stereocenters. The maximum Gasteiger partial charge on any atom is 0.0755 e. The molecule has 346 valence electrons. The minimum absolute atomic E-state index is 0.566. The van der Waals surface area contributed by atoms with Gasteiger partial charge in [0.25, 0.3) is 0 Å². The van der Waals surface area contributed by atoms with Crippen molar-refractivity contribution in [3.8, 4) is 33.4 Å². The highest BCUT2D eigenvalue weighted by Crippen LogP contribution is 2.66. The lowest BCUT2D eigenvalue weighted by molar-refractivity contribution is 0.752. The zero-order valence-electron chi connectivity index (χ0n) is 40.6. The Balaban J connectivity index is 1.03. The normalized spacial score (nSPS) is 13.9. The van der Waals surface area contributed by atoms with E-state index in [0.717, 1.165) is 22.7 Å². The van der Waals surface area contributed by atoms with Gasteiger partial charge in [-0.15, -0.1) is 0 Å². The molecule has 0 aromatic heterocycles. The van der Waals surface area contributed by atoms with Crippen molar-refractivity contribution in [2.24, 2.45) is 0 Å². The van der Waals surface area contributed by atoms with Crippen LogP contribution in [0.4, 0.5) is 34.1 Å². The number of anilines is 6. The summed E-state index contributed by atoms with van der Waals surface area (Å²) >= 11 is 0. The summed E-state index contributed by atoms with van der Waals surface area (Å²) in [5, 5.41) is 2.48. The molecule has 0 saturated carbocycles. The summed E-state index contributed by atoms with van der Waals surface area (Å²) in [6, 6.07) is 108. The molecule has 15 rings (SSSR count). The zero-order chi connectivity index (χ0) is 48.8. The van der Waals surface area contributed by atoms with Gasteiger partial charge in [0.15, 0.2) is 0 Å². The van der Waals surface area contributed by atoms with Gasteiger partial charge >= 0.3 is 0 Å². The molecule has 0 atom stereocenters. The predicted molar refractivity (Wildman–Crippen MR) is 307 cm³/mol. The first-order chi connectivity index (χ1) is 36.8. The van der Waals surface area contributed by atoms with E-state index in [2.05, 4.69) is 301 Å². The number of para-hydroxylation sites is 3. The highest BCUT2D eigenvalue weighted by Gasteiger charge is 2.53. The largest absolute Gasteiger partial charge is 0.310 e. The topological polar surface area (TPSA) is 6.48 Å². The number of hydrogen-bond donors (Lipinski definition) is 0. The van der Waals surface area contributed by atoms with Gasteiger partial charge in [-0.05, 0) is 126 Å². The molecule has 3 aliphatic rings. The summed E-state index contributed by atoms with van der Waals surface area (Å²) in [5.41, 5.74) is 23.2. The molecule has 12 aromatic carbocycles. The van der Waals surface area contributed by atoms with Gasteiger partial charge < -0.3 is 9.80 Å². The molecule has 1 aliphatic heterocycles. The van der Waals surface area contributed by atoms with Crippen molar-refractivity contribution in [3.63, 3.8) is 0 Å². The Morgan fingerprint density at radius 2 is 0.703 bits per heavy atom. The fraction of sp³-hybridized carbons (Fsp3) is 0.0278. The summed E-state index contributed by atoms with van der Waals surface area (Å²) in [6.07, 6.45) is 0. The van der Waals surface area contributed by atoms with E-state index >= 15 is 0 Å². The maximum atomic E-state index is 2.58. The van der Waals surface area contributed by atoms with E-state index in [4.69, 9.17) is 0 Å². The molecule has 0 N–H and O–H groups in total. The van der Waals surface area contributed by atoms with E-state index < -0.39 is 10.8 Å². The molecule has 74 heavy (non-hydrogen) atoms. The van der Waals surface area contributed by atoms with Gasteiger partial charge in [0, 0.05) is 22.5 Å². The predicted octanol–water partition coefficient (Wildman–Crippen LogP) is 18.5. The number of hydrogen-bond acceptors (Lipinski definition) is 2. The number of fused-ring (bicyclic) bond motifs is 13. The van der Waals surface area contributed by atoms with Crippen LogP contribution in [0.1, 0.15) is 44.5 Å². The van der Waals surface area contributed by atoms with Crippen molar-refractivity contribution in [2.45, 2.75) is 10.8 Å². The smallest absolute Gasteiger partial charge is 0.0755 e. The summed E-state index contributed by atoms with van der Waals surface area (Å²) in [6.45, 7) is 0. The number of rotatable bonds is 7. The molecule has 2 aliphatic carbocycles. The lowest BCUT2D eigenvalue weighted by atomic mass is 9.64. The van der Waals surface area contributed by atoms with Gasteiger partial charge in [-0.25, -0.2) is 0 Å². The fourth-order valence-corrected chi connectivity index (χ4v) is 13.5. The minimum Gasteiger partial charge on any atom is -0.310 e. The summed E-state index contributed by atoms with van der Waals surface area (Å²) in [7, 11) is 0. The monoisotopic (exact) mass is 940 g/mol. The van der Waals surface area contributed by atoms with Crippen molar-refractivity contribution < 1.29 is 0 Å². The van der Waals surface area contributed by atoms with Crippen LogP contribution in [0.3, 0.4) is 0 Å². The third-order valence-corrected chi connectivity index (χ3v) is 16.3. The number of benzene rings is 12. The van der Waals surface area contributed by atoms with Gasteiger partial charge in [-0.1, -0.05) is 243 Å². The molecule has 0 bridgehead atoms. The Morgan fingerprint density at radius 3 is 1.30 bits per heavy atom. The van der Waals surface area contributed by atoms with Crippen LogP contribution in [0.15, 0.2) is 291 Å². The van der Waals surface area contributed by atoms with E-state index in [1.54, 1.807) is 0 Å². The van der Waals surface area contributed by atoms with Crippen LogP contribution in [0.5, 0.6) is 0 Å². The first-order valence-corrected chi connectivity index (χ1v) is 25.8. The van der Waals surface area contributed by atoms with Gasteiger partial charge in [-0.2, -0.15) is 0 Å². The second-order valence-electron chi connectivity index (χ2n) is 19.8. The van der Waals surface area contributed by atoms with E-state index in [-0.39, 0.29) is 0 Å². The Bertz CT molecular complexity index is 4050. The van der Waals surface area contributed by atoms with Crippen LogP contribution in [-0.2, 0) is 10.8 Å². The molecule has 0 saturated heterocycles. The van der Waals surface area contributed by atoms with Gasteiger partial charge in [0.05, 0.1) is 33.6 Å². The quantitative estimate of drug-likeness (QED) is 0.157. The van der Waals surface area contributed by atoms with Gasteiger partial charge in [0.1, 0.15) is 0 Å². The molecule has 0 amide bonds. The van der Waals surface area contributed by atoms with Crippen LogP contribution in [0.25, 0.3) is 44.2 Å². The second kappa shape index (κ2) is 16.5. The van der Waals surface area contributed by atoms with Crippen molar-refractivity contribution in [1.29, 1.82) is 0 Å². The minimum atomic E-state index is -0.620. The molecule has 1 spiro atoms. The van der Waals surface area contributed by atoms with E-state index in [1.165, 1.54) is 100 Å². The lowest BCUT2D eigenvalue weighted by Crippen LogP contribution is -2.36. The van der Waals surface area contributed by atoms with Crippen molar-refractivity contribution >= 4 is 44.9 Å². The standard InChI is InChI=1S/C72H48N2/c1-4-25-51(26-5-1)71(52-27-6-2-7-28-52)59-35-14-12-32-57(59)69-63(71)39-21-43-67(69)74(54-47-45-50(46-48-54)56-34-20-24-49-23-10-11-31-55(49)56)68-44-22-40-64-70(68)58-33-13-15-36-60(58)72(64)61-37-16-18-41-65(61)73(53-29-8-3-9-30-53)66-42-19-17-38-62(66)72/h1-48H. The van der Waals surface area contributed by atoms with Crippen molar-refractivity contribution in [2.75, 3.05) is 9.80 Å². The first kappa shape index (κ1) is 42.2. The Morgan fingerprint density at radius 1 is 0.284 bits per heavy atom. The molecule has 12 aromatic rings. The van der Waals surface area contributed by atoms with Crippen LogP contribution >= 0.6 is 0 Å². The second-order valence-corrected chi connectivity index (χ2v) is 19.8. The summed E-state index contributed by atoms with van der Waals surface area (Å²) in [5.74, 6) is 0. The van der Waals surface area contributed by atoms with Gasteiger partial charge in [0.2, 0.25) is 0 Å². The molecule has 0 fully saturated rings. The lowest BCUT2D eigenvalue weighted by Gasteiger charge is -2.45. The summed E-state index contributed by atoms with van der Waals surface area (Å²) in [4.78, 5) is 5.04. The van der Waals surface area contributed by atoms with E-state index in [0.29, 0.717) is 0 Å². The zero-order valence-corrected chi connectivity index (χ0v) is 40.6. The fourth-order valence-electron chi connectivity index (χ4n) is 13.5. The van der Waals surface area contributed by atoms with E-state index in [1.807, 2.05) is 0 Å². The maximum absolute atomic E-state index is 2.58. The third-order valence-electron chi connectivity index (χ3n) is 16.3. The molecule has 1 heterocycles. The van der Waals surface area contributed by atoms with Crippen molar-refractivity contribution in [1.82, 2.24) is 0 Å². The van der Waals surface area contributed by atoms with Crippen molar-refractivity contribution in [3.05, 3.63) is 336 Å². The van der Waals surface area contributed by atoms with Crippen LogP contribution in [-0.4, -0.2) is 0 Å². The van der Waals surface area contributed by atoms with Crippen LogP contribution in [0.2, 0.25) is 0 Å². The highest BCUT2D eigenvalue weighted by atomic mass is 15.2. The Kier molecular flexibility index (Phi) is 9.43. The van der Waals surface area contributed by atoms with E-state index in [9.17, 15) is 0 Å².